The molecule has 1 atom stereocenters. The van der Waals surface area contributed by atoms with Crippen molar-refractivity contribution < 1.29 is 24.2 Å². The van der Waals surface area contributed by atoms with E-state index in [1.165, 1.54) is 0 Å². The highest BCUT2D eigenvalue weighted by molar-refractivity contribution is 5.77. The first kappa shape index (κ1) is 14.9. The number of nitrogens with one attached hydrogen (secondary N) is 1. The predicted molar refractivity (Wildman–Crippen MR) is 64.3 cm³/mol. The molecular formula is C12H21NO5. The fourth-order valence-corrected chi connectivity index (χ4v) is 1.82. The van der Waals surface area contributed by atoms with Crippen LogP contribution in [0.2, 0.25) is 0 Å². The second-order valence-corrected chi connectivity index (χ2v) is 4.50. The summed E-state index contributed by atoms with van der Waals surface area (Å²) in [4.78, 5) is 21.9. The Bertz CT molecular complexity index is 276. The van der Waals surface area contributed by atoms with E-state index in [4.69, 9.17) is 14.6 Å². The average molecular weight is 259 g/mol. The number of carboxylic acid groups (broad SMARTS) is 1. The van der Waals surface area contributed by atoms with Gasteiger partial charge in [0.15, 0.2) is 0 Å². The van der Waals surface area contributed by atoms with Crippen LogP contribution in [0.1, 0.15) is 32.6 Å². The molecule has 0 saturated carbocycles. The third-order valence-electron chi connectivity index (χ3n) is 2.74. The molecule has 2 N–H and O–H groups in total. The molecule has 0 radical (unpaired) electrons. The van der Waals surface area contributed by atoms with Gasteiger partial charge in [0.05, 0.1) is 19.1 Å². The molecule has 0 aromatic rings. The van der Waals surface area contributed by atoms with Gasteiger partial charge < -0.3 is 19.9 Å². The molecule has 0 aromatic carbocycles. The molecule has 6 nitrogen and oxygen atoms in total. The van der Waals surface area contributed by atoms with Gasteiger partial charge >= 0.3 is 5.97 Å². The quantitative estimate of drug-likeness (QED) is 0.697. The third-order valence-corrected chi connectivity index (χ3v) is 2.74. The van der Waals surface area contributed by atoms with Crippen molar-refractivity contribution in [2.45, 2.75) is 44.8 Å². The maximum atomic E-state index is 11.5. The second kappa shape index (κ2) is 8.05. The highest BCUT2D eigenvalue weighted by Gasteiger charge is 2.15. The van der Waals surface area contributed by atoms with Crippen LogP contribution in [-0.4, -0.2) is 48.9 Å². The summed E-state index contributed by atoms with van der Waals surface area (Å²) in [5.74, 6) is -1.09. The Labute approximate surface area is 107 Å². The van der Waals surface area contributed by atoms with Gasteiger partial charge in [0.2, 0.25) is 5.91 Å². The molecule has 1 aliphatic rings. The monoisotopic (exact) mass is 259 g/mol. The van der Waals surface area contributed by atoms with Crippen LogP contribution in [0.4, 0.5) is 0 Å². The number of rotatable bonds is 7. The van der Waals surface area contributed by atoms with Crippen LogP contribution in [0.25, 0.3) is 0 Å². The lowest BCUT2D eigenvalue weighted by Gasteiger charge is -2.22. The Kier molecular flexibility index (Phi) is 6.67. The largest absolute Gasteiger partial charge is 0.481 e. The van der Waals surface area contributed by atoms with Crippen molar-refractivity contribution >= 4 is 11.9 Å². The zero-order valence-electron chi connectivity index (χ0n) is 10.7. The highest BCUT2D eigenvalue weighted by atomic mass is 16.5. The zero-order chi connectivity index (χ0) is 13.4. The van der Waals surface area contributed by atoms with E-state index in [0.29, 0.717) is 19.8 Å². The van der Waals surface area contributed by atoms with Gasteiger partial charge in [0.25, 0.3) is 0 Å². The van der Waals surface area contributed by atoms with Crippen LogP contribution in [0.15, 0.2) is 0 Å². The molecule has 1 unspecified atom stereocenters. The van der Waals surface area contributed by atoms with Crippen LogP contribution < -0.4 is 5.32 Å². The van der Waals surface area contributed by atoms with Gasteiger partial charge in [-0.3, -0.25) is 9.59 Å². The number of carbonyl (C=O) groups is 2. The number of amides is 1. The van der Waals surface area contributed by atoms with Crippen molar-refractivity contribution in [1.82, 2.24) is 5.32 Å². The van der Waals surface area contributed by atoms with E-state index in [9.17, 15) is 9.59 Å². The Morgan fingerprint density at radius 3 is 2.72 bits per heavy atom. The summed E-state index contributed by atoms with van der Waals surface area (Å²) in [7, 11) is 0. The molecule has 1 heterocycles. The summed E-state index contributed by atoms with van der Waals surface area (Å²) in [5, 5.41) is 11.2. The second-order valence-electron chi connectivity index (χ2n) is 4.50. The number of aliphatic carboxylic acids is 1. The normalized spacial score (nSPS) is 18.3. The fourth-order valence-electron chi connectivity index (χ4n) is 1.82. The van der Waals surface area contributed by atoms with Crippen molar-refractivity contribution in [3.05, 3.63) is 0 Å². The minimum absolute atomic E-state index is 0.0629. The molecular weight excluding hydrogens is 238 g/mol. The average Bonchev–Trinajstić information content (AvgIpc) is 2.29. The summed E-state index contributed by atoms with van der Waals surface area (Å²) in [6, 6.07) is -0.349. The smallest absolute Gasteiger partial charge is 0.305 e. The van der Waals surface area contributed by atoms with E-state index >= 15 is 0 Å². The van der Waals surface area contributed by atoms with Crippen molar-refractivity contribution in [1.29, 1.82) is 0 Å². The van der Waals surface area contributed by atoms with Crippen LogP contribution in [0.3, 0.4) is 0 Å². The maximum absolute atomic E-state index is 11.5. The maximum Gasteiger partial charge on any atom is 0.305 e. The molecule has 1 fully saturated rings. The Morgan fingerprint density at radius 2 is 2.11 bits per heavy atom. The highest BCUT2D eigenvalue weighted by Crippen LogP contribution is 2.10. The first-order valence-corrected chi connectivity index (χ1v) is 6.28. The summed E-state index contributed by atoms with van der Waals surface area (Å²) in [6.45, 7) is 3.47. The lowest BCUT2D eigenvalue weighted by Crippen LogP contribution is -2.35. The summed E-state index contributed by atoms with van der Waals surface area (Å²) >= 11 is 0. The lowest BCUT2D eigenvalue weighted by molar-refractivity contribution is -0.137. The molecule has 0 spiro atoms. The molecule has 1 amide bonds. The molecule has 1 aliphatic heterocycles. The van der Waals surface area contributed by atoms with Gasteiger partial charge in [-0.05, 0) is 19.8 Å². The van der Waals surface area contributed by atoms with E-state index in [0.717, 1.165) is 12.8 Å². The van der Waals surface area contributed by atoms with Gasteiger partial charge in [-0.1, -0.05) is 0 Å². The SMILES string of the molecule is CC(CC(=O)O)NC(=O)CCOC1CCOCC1. The summed E-state index contributed by atoms with van der Waals surface area (Å²) in [5.41, 5.74) is 0. The zero-order valence-corrected chi connectivity index (χ0v) is 10.7. The Morgan fingerprint density at radius 1 is 1.44 bits per heavy atom. The van der Waals surface area contributed by atoms with Gasteiger partial charge in [-0.25, -0.2) is 0 Å². The molecule has 0 aromatic heterocycles. The molecule has 6 heteroatoms. The minimum Gasteiger partial charge on any atom is -0.481 e. The van der Waals surface area contributed by atoms with Crippen LogP contribution >= 0.6 is 0 Å². The third kappa shape index (κ3) is 6.56. The van der Waals surface area contributed by atoms with Crippen molar-refractivity contribution in [3.8, 4) is 0 Å². The molecule has 1 saturated heterocycles. The topological polar surface area (TPSA) is 84.9 Å². The van der Waals surface area contributed by atoms with E-state index in [-0.39, 0.29) is 30.9 Å². The molecule has 0 bridgehead atoms. The Balaban J connectivity index is 2.07. The first-order chi connectivity index (χ1) is 8.58. The van der Waals surface area contributed by atoms with E-state index < -0.39 is 5.97 Å². The number of hydrogen-bond acceptors (Lipinski definition) is 4. The van der Waals surface area contributed by atoms with E-state index in [1.54, 1.807) is 6.92 Å². The van der Waals surface area contributed by atoms with Crippen molar-refractivity contribution in [2.24, 2.45) is 0 Å². The fraction of sp³-hybridized carbons (Fsp3) is 0.833. The predicted octanol–water partition coefficient (Wildman–Crippen LogP) is 0.551. The van der Waals surface area contributed by atoms with Crippen LogP contribution in [-0.2, 0) is 19.1 Å². The molecule has 0 aliphatic carbocycles. The van der Waals surface area contributed by atoms with E-state index in [2.05, 4.69) is 5.32 Å². The summed E-state index contributed by atoms with van der Waals surface area (Å²) < 4.78 is 10.8. The Hall–Kier alpha value is -1.14. The van der Waals surface area contributed by atoms with Gasteiger partial charge in [-0.2, -0.15) is 0 Å². The van der Waals surface area contributed by atoms with Gasteiger partial charge in [0, 0.05) is 25.7 Å². The first-order valence-electron chi connectivity index (χ1n) is 6.28. The number of carbonyl (C=O) groups excluding carboxylic acids is 1. The van der Waals surface area contributed by atoms with Gasteiger partial charge in [-0.15, -0.1) is 0 Å². The lowest BCUT2D eigenvalue weighted by atomic mass is 10.1. The van der Waals surface area contributed by atoms with E-state index in [1.807, 2.05) is 0 Å². The number of hydrogen-bond donors (Lipinski definition) is 2. The minimum atomic E-state index is -0.916. The number of carboxylic acids is 1. The number of ether oxygens (including phenoxy) is 2. The van der Waals surface area contributed by atoms with Crippen molar-refractivity contribution in [2.75, 3.05) is 19.8 Å². The van der Waals surface area contributed by atoms with Crippen LogP contribution in [0.5, 0.6) is 0 Å². The molecule has 1 rings (SSSR count). The van der Waals surface area contributed by atoms with Gasteiger partial charge in [0.1, 0.15) is 0 Å². The standard InChI is InChI=1S/C12H21NO5/c1-9(8-12(15)16)13-11(14)4-7-18-10-2-5-17-6-3-10/h9-10H,2-8H2,1H3,(H,13,14)(H,15,16). The van der Waals surface area contributed by atoms with Crippen molar-refractivity contribution in [3.63, 3.8) is 0 Å². The molecule has 18 heavy (non-hydrogen) atoms. The van der Waals surface area contributed by atoms with Crippen LogP contribution in [0, 0.1) is 0 Å². The summed E-state index contributed by atoms with van der Waals surface area (Å²) in [6.07, 6.45) is 2.13. The molecule has 104 valence electrons.